The van der Waals surface area contributed by atoms with Gasteiger partial charge in [-0.25, -0.2) is 8.42 Å². The van der Waals surface area contributed by atoms with Crippen molar-refractivity contribution in [1.29, 1.82) is 0 Å². The highest BCUT2D eigenvalue weighted by molar-refractivity contribution is 7.91. The first kappa shape index (κ1) is 23.4. The van der Waals surface area contributed by atoms with Gasteiger partial charge in [0.25, 0.3) is 21.8 Å². The highest BCUT2D eigenvalue weighted by atomic mass is 32.2. The number of carbonyl (C=O) groups excluding carboxylic acids is 2. The number of amides is 2. The Balaban J connectivity index is 2.01. The highest BCUT2D eigenvalue weighted by Crippen LogP contribution is 2.41. The summed E-state index contributed by atoms with van der Waals surface area (Å²) in [5, 5.41) is 8.07. The van der Waals surface area contributed by atoms with E-state index in [0.29, 0.717) is 11.3 Å². The SMILES string of the molecule is CN(C(c1ccccc1)C(F)(F)F)S(=O)(=O)c1cc(C(N)=O)c(NC(=O)c2ccn[nH]2)s1. The second-order valence-electron chi connectivity index (χ2n) is 6.47. The first-order valence-electron chi connectivity index (χ1n) is 8.77. The van der Waals surface area contributed by atoms with Gasteiger partial charge in [0.2, 0.25) is 0 Å². The number of benzene rings is 1. The number of nitrogens with one attached hydrogen (secondary N) is 2. The van der Waals surface area contributed by atoms with Crippen molar-refractivity contribution in [1.82, 2.24) is 14.5 Å². The van der Waals surface area contributed by atoms with Crippen LogP contribution in [0.1, 0.15) is 32.5 Å². The van der Waals surface area contributed by atoms with E-state index in [0.717, 1.165) is 25.2 Å². The molecule has 3 rings (SSSR count). The van der Waals surface area contributed by atoms with Crippen molar-refractivity contribution in [2.24, 2.45) is 5.73 Å². The monoisotopic (exact) mass is 487 g/mol. The Kier molecular flexibility index (Phi) is 6.39. The molecule has 4 N–H and O–H groups in total. The van der Waals surface area contributed by atoms with Crippen molar-refractivity contribution >= 4 is 38.2 Å². The molecule has 2 aromatic heterocycles. The van der Waals surface area contributed by atoms with E-state index in [-0.39, 0.29) is 26.1 Å². The summed E-state index contributed by atoms with van der Waals surface area (Å²) in [6, 6.07) is 6.20. The zero-order valence-corrected chi connectivity index (χ0v) is 17.9. The predicted molar refractivity (Wildman–Crippen MR) is 110 cm³/mol. The van der Waals surface area contributed by atoms with Crippen LogP contribution in [0.3, 0.4) is 0 Å². The highest BCUT2D eigenvalue weighted by Gasteiger charge is 2.48. The van der Waals surface area contributed by atoms with Crippen LogP contribution < -0.4 is 11.1 Å². The Morgan fingerprint density at radius 1 is 1.22 bits per heavy atom. The summed E-state index contributed by atoms with van der Waals surface area (Å²) in [7, 11) is -3.96. The lowest BCUT2D eigenvalue weighted by Gasteiger charge is -2.29. The summed E-state index contributed by atoms with van der Waals surface area (Å²) in [5.74, 6) is -1.82. The van der Waals surface area contributed by atoms with Crippen LogP contribution in [0.5, 0.6) is 0 Å². The topological polar surface area (TPSA) is 138 Å². The Morgan fingerprint density at radius 2 is 1.88 bits per heavy atom. The van der Waals surface area contributed by atoms with Crippen LogP contribution in [0.25, 0.3) is 0 Å². The van der Waals surface area contributed by atoms with E-state index in [1.54, 1.807) is 0 Å². The van der Waals surface area contributed by atoms with Crippen molar-refractivity contribution in [2.45, 2.75) is 16.4 Å². The molecule has 0 aliphatic rings. The molecule has 0 saturated heterocycles. The van der Waals surface area contributed by atoms with Crippen LogP contribution in [0.4, 0.5) is 18.2 Å². The average molecular weight is 487 g/mol. The molecule has 0 aliphatic heterocycles. The molecule has 0 saturated carbocycles. The van der Waals surface area contributed by atoms with Crippen molar-refractivity contribution in [3.63, 3.8) is 0 Å². The number of halogens is 3. The number of anilines is 1. The molecule has 0 aliphatic carbocycles. The fourth-order valence-corrected chi connectivity index (χ4v) is 5.73. The van der Waals surface area contributed by atoms with Gasteiger partial charge in [-0.2, -0.15) is 22.6 Å². The number of primary amides is 1. The molecule has 0 bridgehead atoms. The normalized spacial score (nSPS) is 13.2. The first-order chi connectivity index (χ1) is 14.9. The zero-order chi connectivity index (χ0) is 23.7. The van der Waals surface area contributed by atoms with Crippen molar-refractivity contribution < 1.29 is 31.2 Å². The Bertz CT molecular complexity index is 1230. The number of sulfonamides is 1. The minimum atomic E-state index is -4.93. The fourth-order valence-electron chi connectivity index (χ4n) is 2.85. The third-order valence-electron chi connectivity index (χ3n) is 4.37. The molecule has 14 heteroatoms. The molecular weight excluding hydrogens is 471 g/mol. The van der Waals surface area contributed by atoms with E-state index < -0.39 is 38.3 Å². The molecule has 2 amide bonds. The van der Waals surface area contributed by atoms with Gasteiger partial charge in [-0.15, -0.1) is 11.3 Å². The van der Waals surface area contributed by atoms with Crippen LogP contribution in [0.2, 0.25) is 0 Å². The van der Waals surface area contributed by atoms with Gasteiger partial charge >= 0.3 is 6.18 Å². The number of nitrogens with zero attached hydrogens (tertiary/aromatic N) is 2. The number of carbonyl (C=O) groups is 2. The van der Waals surface area contributed by atoms with Crippen LogP contribution in [0, 0.1) is 0 Å². The minimum absolute atomic E-state index is 0.0107. The second-order valence-corrected chi connectivity index (χ2v) is 9.75. The molecule has 1 atom stereocenters. The molecule has 9 nitrogen and oxygen atoms in total. The summed E-state index contributed by atoms with van der Waals surface area (Å²) < 4.78 is 67.1. The Labute approximate surface area is 184 Å². The van der Waals surface area contributed by atoms with Gasteiger partial charge in [0.05, 0.1) is 5.56 Å². The van der Waals surface area contributed by atoms with Gasteiger partial charge in [0.1, 0.15) is 20.9 Å². The number of rotatable bonds is 7. The molecule has 170 valence electrons. The molecule has 2 heterocycles. The maximum Gasteiger partial charge on any atom is 0.409 e. The van der Waals surface area contributed by atoms with Gasteiger partial charge in [-0.3, -0.25) is 14.7 Å². The van der Waals surface area contributed by atoms with Crippen LogP contribution in [-0.2, 0) is 10.0 Å². The lowest BCUT2D eigenvalue weighted by molar-refractivity contribution is -0.171. The zero-order valence-electron chi connectivity index (χ0n) is 16.3. The number of nitrogens with two attached hydrogens (primary N) is 1. The third-order valence-corrected chi connectivity index (χ3v) is 7.69. The average Bonchev–Trinajstić information content (AvgIpc) is 3.38. The van der Waals surface area contributed by atoms with Crippen molar-refractivity contribution in [3.8, 4) is 0 Å². The smallest absolute Gasteiger partial charge is 0.366 e. The number of hydrogen-bond donors (Lipinski definition) is 3. The van der Waals surface area contributed by atoms with Gasteiger partial charge in [-0.05, 0) is 17.7 Å². The second kappa shape index (κ2) is 8.72. The van der Waals surface area contributed by atoms with Crippen LogP contribution in [-0.4, -0.2) is 48.0 Å². The maximum absolute atomic E-state index is 13.8. The van der Waals surface area contributed by atoms with E-state index in [9.17, 15) is 31.2 Å². The van der Waals surface area contributed by atoms with Gasteiger partial charge in [0, 0.05) is 13.2 Å². The third kappa shape index (κ3) is 4.66. The molecule has 0 radical (unpaired) electrons. The van der Waals surface area contributed by atoms with E-state index in [2.05, 4.69) is 15.5 Å². The lowest BCUT2D eigenvalue weighted by Crippen LogP contribution is -2.39. The summed E-state index contributed by atoms with van der Waals surface area (Å²) in [4.78, 5) is 24.0. The van der Waals surface area contributed by atoms with Gasteiger partial charge in [0.15, 0.2) is 0 Å². The largest absolute Gasteiger partial charge is 0.409 e. The summed E-state index contributed by atoms with van der Waals surface area (Å²) in [5.41, 5.74) is 4.63. The van der Waals surface area contributed by atoms with Gasteiger partial charge < -0.3 is 11.1 Å². The molecule has 0 fully saturated rings. The maximum atomic E-state index is 13.8. The van der Waals surface area contributed by atoms with Gasteiger partial charge in [-0.1, -0.05) is 30.3 Å². The van der Waals surface area contributed by atoms with E-state index in [4.69, 9.17) is 5.73 Å². The van der Waals surface area contributed by atoms with E-state index in [1.807, 2.05) is 0 Å². The quantitative estimate of drug-likeness (QED) is 0.470. The summed E-state index contributed by atoms with van der Waals surface area (Å²) >= 11 is 0.408. The first-order valence-corrected chi connectivity index (χ1v) is 11.0. The number of thiophene rings is 1. The number of aromatic nitrogens is 2. The Hall–Kier alpha value is -3.23. The van der Waals surface area contributed by atoms with E-state index in [1.165, 1.54) is 30.5 Å². The number of alkyl halides is 3. The minimum Gasteiger partial charge on any atom is -0.366 e. The summed E-state index contributed by atoms with van der Waals surface area (Å²) in [6.07, 6.45) is -3.63. The van der Waals surface area contributed by atoms with Crippen LogP contribution in [0.15, 0.2) is 52.9 Å². The number of hydrogen-bond acceptors (Lipinski definition) is 6. The lowest BCUT2D eigenvalue weighted by atomic mass is 10.1. The molecule has 32 heavy (non-hydrogen) atoms. The standard InChI is InChI=1S/C18H16F3N5O4S2/c1-26(14(18(19,20)21)10-5-3-2-4-6-10)32(29,30)13-9-11(15(22)27)17(31-13)24-16(28)12-7-8-23-25-12/h2-9,14H,1H3,(H2,22,27)(H,23,25)(H,24,28). The van der Waals surface area contributed by atoms with Crippen molar-refractivity contribution in [2.75, 3.05) is 12.4 Å². The number of aromatic amines is 1. The molecule has 0 spiro atoms. The number of H-pyrrole nitrogens is 1. The molecule has 1 unspecified atom stereocenters. The molecular formula is C18H16F3N5O4S2. The van der Waals surface area contributed by atoms with Crippen LogP contribution >= 0.6 is 11.3 Å². The van der Waals surface area contributed by atoms with Crippen molar-refractivity contribution in [3.05, 3.63) is 65.5 Å². The summed E-state index contributed by atoms with van der Waals surface area (Å²) in [6.45, 7) is 0. The van der Waals surface area contributed by atoms with E-state index >= 15 is 0 Å². The molecule has 3 aromatic rings. The Morgan fingerprint density at radius 3 is 2.41 bits per heavy atom. The predicted octanol–water partition coefficient (Wildman–Crippen LogP) is 2.75. The fraction of sp³-hybridized carbons (Fsp3) is 0.167. The molecule has 1 aromatic carbocycles.